The van der Waals surface area contributed by atoms with Crippen molar-refractivity contribution in [3.8, 4) is 0 Å². The van der Waals surface area contributed by atoms with E-state index in [0.717, 1.165) is 0 Å². The van der Waals surface area contributed by atoms with E-state index in [1.54, 1.807) is 0 Å². The summed E-state index contributed by atoms with van der Waals surface area (Å²) in [7, 11) is 0. The molecule has 0 aliphatic rings. The van der Waals surface area contributed by atoms with Crippen molar-refractivity contribution in [1.82, 2.24) is 0 Å². The molecule has 0 aromatic rings. The molecule has 1 N–H and O–H groups in total. The van der Waals surface area contributed by atoms with Crippen molar-refractivity contribution in [2.24, 2.45) is 0 Å². The van der Waals surface area contributed by atoms with E-state index in [0.29, 0.717) is 0 Å². The van der Waals surface area contributed by atoms with E-state index in [2.05, 4.69) is 12.4 Å². The first-order chi connectivity index (χ1) is 2.73. The Morgan fingerprint density at radius 3 is 1.29 bits per heavy atom. The second kappa shape index (κ2) is 15.7. The third-order valence-corrected chi connectivity index (χ3v) is 0. The Morgan fingerprint density at radius 1 is 1.29 bits per heavy atom. The SMILES string of the molecule is FC(F)F.N=S.[Ca+2].[H-].[H-]. The second-order valence-electron chi connectivity index (χ2n) is 0.247. The van der Waals surface area contributed by atoms with Gasteiger partial charge in [0.25, 0.3) is 0 Å². The smallest absolute Gasteiger partial charge is 1.00 e. The number of hydrogen-bond donors (Lipinski definition) is 1. The minimum absolute atomic E-state index is 0. The van der Waals surface area contributed by atoms with Gasteiger partial charge in [-0.1, -0.05) is 0 Å². The van der Waals surface area contributed by atoms with E-state index >= 15 is 0 Å². The van der Waals surface area contributed by atoms with E-state index in [4.69, 9.17) is 4.78 Å². The van der Waals surface area contributed by atoms with Gasteiger partial charge in [-0.2, -0.15) is 13.2 Å². The zero-order valence-electron chi connectivity index (χ0n) is 5.33. The molecule has 0 aliphatic heterocycles. The van der Waals surface area contributed by atoms with Gasteiger partial charge in [0, 0.05) is 12.4 Å². The maximum Gasteiger partial charge on any atom is 2.00 e. The molecule has 0 aromatic heterocycles. The fourth-order valence-electron chi connectivity index (χ4n) is 0. The van der Waals surface area contributed by atoms with Crippen LogP contribution in [0.4, 0.5) is 13.2 Å². The van der Waals surface area contributed by atoms with Gasteiger partial charge < -0.3 is 2.85 Å². The number of hydrogen-bond acceptors (Lipinski definition) is 2. The monoisotopic (exact) mass is 159 g/mol. The predicted molar refractivity (Wildman–Crippen MR) is 25.2 cm³/mol. The average molecular weight is 159 g/mol. The fraction of sp³-hybridized carbons (Fsp3) is 1.00. The molecule has 1 nitrogen and oxygen atoms in total. The van der Waals surface area contributed by atoms with Crippen LogP contribution in [0.5, 0.6) is 0 Å². The van der Waals surface area contributed by atoms with Crippen molar-refractivity contribution in [1.29, 1.82) is 4.78 Å². The van der Waals surface area contributed by atoms with Crippen LogP contribution in [0.3, 0.4) is 0 Å². The molecular formula is CH4CaF3NS. The van der Waals surface area contributed by atoms with E-state index in [1.165, 1.54) is 0 Å². The Kier molecular flexibility index (Phi) is 35.3. The molecule has 0 rings (SSSR count). The summed E-state index contributed by atoms with van der Waals surface area (Å²) in [5, 5.41) is 0. The van der Waals surface area contributed by atoms with Gasteiger partial charge >= 0.3 is 44.4 Å². The summed E-state index contributed by atoms with van der Waals surface area (Å²) in [5.74, 6) is 0. The van der Waals surface area contributed by atoms with Crippen molar-refractivity contribution < 1.29 is 16.0 Å². The van der Waals surface area contributed by atoms with Crippen molar-refractivity contribution in [3.05, 3.63) is 0 Å². The first-order valence-electron chi connectivity index (χ1n) is 0.859. The third kappa shape index (κ3) is 159. The molecular weight excluding hydrogens is 155 g/mol. The zero-order valence-corrected chi connectivity index (χ0v) is 6.35. The molecule has 0 radical (unpaired) electrons. The number of rotatable bonds is 0. The summed E-state index contributed by atoms with van der Waals surface area (Å²) < 4.78 is 34.3. The van der Waals surface area contributed by atoms with Crippen LogP contribution in [0.1, 0.15) is 2.85 Å². The Balaban J connectivity index is -0.00000000990. The van der Waals surface area contributed by atoms with Crippen LogP contribution in [0.2, 0.25) is 0 Å². The summed E-state index contributed by atoms with van der Waals surface area (Å²) in [6.45, 7) is -3.67. The van der Waals surface area contributed by atoms with Gasteiger partial charge in [0.05, 0.1) is 0 Å². The first-order valence-corrected chi connectivity index (χ1v) is 1.27. The van der Waals surface area contributed by atoms with Crippen LogP contribution in [0.25, 0.3) is 0 Å². The normalized spacial score (nSPS) is 5.71. The summed E-state index contributed by atoms with van der Waals surface area (Å²) in [4.78, 5) is 0. The maximum absolute atomic E-state index is 9.67. The molecule has 6 heteroatoms. The largest absolute Gasteiger partial charge is 2.00 e. The van der Waals surface area contributed by atoms with Gasteiger partial charge in [-0.05, 0) is 0 Å². The topological polar surface area (TPSA) is 23.9 Å². The molecule has 0 unspecified atom stereocenters. The molecule has 7 heavy (non-hydrogen) atoms. The molecule has 0 aliphatic carbocycles. The molecule has 0 saturated carbocycles. The minimum atomic E-state index is -3.67. The maximum atomic E-state index is 9.67. The van der Waals surface area contributed by atoms with Gasteiger partial charge in [-0.3, -0.25) is 0 Å². The molecule has 0 bridgehead atoms. The van der Waals surface area contributed by atoms with Gasteiger partial charge in [0.1, 0.15) is 0 Å². The minimum Gasteiger partial charge on any atom is -1.00 e. The number of alkyl halides is 3. The van der Waals surface area contributed by atoms with Crippen LogP contribution in [0.15, 0.2) is 0 Å². The average Bonchev–Trinajstić information content (AvgIpc) is 1.41. The van der Waals surface area contributed by atoms with E-state index in [9.17, 15) is 13.2 Å². The Labute approximate surface area is 77.2 Å². The quantitative estimate of drug-likeness (QED) is 0.529. The standard InChI is InChI=1S/CHF3.Ca.HNS.2H/c2-1(3)4;;1-2;;/h1H;;1H;;/q;+2;;2*-1. The first kappa shape index (κ1) is 15.7. The molecule has 0 spiro atoms. The van der Waals surface area contributed by atoms with Crippen LogP contribution < -0.4 is 0 Å². The van der Waals surface area contributed by atoms with Crippen LogP contribution in [-0.2, 0) is 12.4 Å². The van der Waals surface area contributed by atoms with E-state index in [1.807, 2.05) is 0 Å². The van der Waals surface area contributed by atoms with Crippen LogP contribution >= 0.6 is 0 Å². The number of nitrogens with one attached hydrogen (secondary N) is 1. The van der Waals surface area contributed by atoms with E-state index < -0.39 is 6.68 Å². The van der Waals surface area contributed by atoms with Crippen LogP contribution in [0, 0.1) is 4.78 Å². The molecule has 0 amide bonds. The summed E-state index contributed by atoms with van der Waals surface area (Å²) in [5.41, 5.74) is 0. The molecule has 0 heterocycles. The van der Waals surface area contributed by atoms with Gasteiger partial charge in [0.2, 0.25) is 0 Å². The molecule has 0 saturated heterocycles. The Bertz CT molecular complexity index is 33.0. The summed E-state index contributed by atoms with van der Waals surface area (Å²) in [6.07, 6.45) is 0. The van der Waals surface area contributed by atoms with Crippen molar-refractivity contribution in [3.63, 3.8) is 0 Å². The summed E-state index contributed by atoms with van der Waals surface area (Å²) >= 11 is 3.33. The molecule has 0 atom stereocenters. The Morgan fingerprint density at radius 2 is 1.29 bits per heavy atom. The van der Waals surface area contributed by atoms with Crippen LogP contribution in [-0.4, -0.2) is 44.4 Å². The third-order valence-electron chi connectivity index (χ3n) is 0. The van der Waals surface area contributed by atoms with E-state index in [-0.39, 0.29) is 40.6 Å². The number of halogens is 3. The van der Waals surface area contributed by atoms with Crippen molar-refractivity contribution >= 4 is 50.2 Å². The van der Waals surface area contributed by atoms with Gasteiger partial charge in [-0.15, -0.1) is 0 Å². The fourth-order valence-corrected chi connectivity index (χ4v) is 0. The van der Waals surface area contributed by atoms with Gasteiger partial charge in [0.15, 0.2) is 0 Å². The van der Waals surface area contributed by atoms with Crippen molar-refractivity contribution in [2.75, 3.05) is 0 Å². The zero-order chi connectivity index (χ0) is 5.58. The van der Waals surface area contributed by atoms with Gasteiger partial charge in [-0.25, -0.2) is 4.78 Å². The van der Waals surface area contributed by atoms with Crippen molar-refractivity contribution in [2.45, 2.75) is 6.68 Å². The predicted octanol–water partition coefficient (Wildman–Crippen LogP) is 1.32. The molecule has 42 valence electrons. The second-order valence-corrected chi connectivity index (χ2v) is 0.247. The Hall–Kier alpha value is 1.07. The molecule has 0 aromatic carbocycles. The summed E-state index contributed by atoms with van der Waals surface area (Å²) in [6, 6.07) is 0. The molecule has 0 fully saturated rings.